The van der Waals surface area contributed by atoms with Gasteiger partial charge in [-0.15, -0.1) is 0 Å². The van der Waals surface area contributed by atoms with Crippen LogP contribution in [0, 0.1) is 0 Å². The molecule has 0 saturated heterocycles. The van der Waals surface area contributed by atoms with Crippen LogP contribution >= 0.6 is 24.0 Å². The molecule has 4 nitrogen and oxygen atoms in total. The largest absolute Gasteiger partial charge is 0.500 e. The lowest BCUT2D eigenvalue weighted by molar-refractivity contribution is 0.0562. The lowest BCUT2D eigenvalue weighted by atomic mass is 10.2. The van der Waals surface area contributed by atoms with E-state index in [1.165, 1.54) is 25.7 Å². The predicted molar refractivity (Wildman–Crippen MR) is 135 cm³/mol. The van der Waals surface area contributed by atoms with Crippen molar-refractivity contribution in [2.75, 3.05) is 32.1 Å². The van der Waals surface area contributed by atoms with Crippen LogP contribution in [0.3, 0.4) is 0 Å². The monoisotopic (exact) mass is 465 g/mol. The smallest absolute Gasteiger partial charge is 0.373 e. The number of nitrogens with one attached hydrogen (secondary N) is 1. The maximum Gasteiger partial charge on any atom is 0.500 e. The Hall–Kier alpha value is 0.337. The van der Waals surface area contributed by atoms with E-state index in [2.05, 4.69) is 33.0 Å². The second-order valence-electron chi connectivity index (χ2n) is 7.52. The predicted octanol–water partition coefficient (Wildman–Crippen LogP) is 6.95. The Balaban J connectivity index is 4.43. The van der Waals surface area contributed by atoms with Crippen molar-refractivity contribution in [1.82, 2.24) is 5.32 Å². The van der Waals surface area contributed by atoms with Crippen LogP contribution in [0.2, 0.25) is 6.04 Å². The average molecular weight is 466 g/mol. The van der Waals surface area contributed by atoms with E-state index in [1.807, 2.05) is 0 Å². The molecule has 0 aromatic rings. The molecule has 0 bridgehead atoms. The topological polar surface area (TPSA) is 39.7 Å². The third-order valence-corrected chi connectivity index (χ3v) is 8.91. The third-order valence-electron chi connectivity index (χ3n) is 4.62. The molecule has 0 radical (unpaired) electrons. The van der Waals surface area contributed by atoms with E-state index < -0.39 is 8.80 Å². The normalized spacial score (nSPS) is 11.7. The molecule has 0 aliphatic heterocycles. The summed E-state index contributed by atoms with van der Waals surface area (Å²) in [6, 6.07) is 0.885. The molecule has 7 heteroatoms. The van der Waals surface area contributed by atoms with Crippen molar-refractivity contribution in [3.63, 3.8) is 0 Å². The second-order valence-corrected chi connectivity index (χ2v) is 12.0. The van der Waals surface area contributed by atoms with Crippen molar-refractivity contribution >= 4 is 37.1 Å². The highest BCUT2D eigenvalue weighted by molar-refractivity contribution is 8.22. The number of unbranched alkanes of at least 4 members (excludes halogenated alkanes) is 6. The SMILES string of the molecule is CCCCCCNC(=S)SCCC[Si](OCCCC)(OCCCC)OCCCC. The molecular weight excluding hydrogens is 418 g/mol. The van der Waals surface area contributed by atoms with Gasteiger partial charge >= 0.3 is 8.80 Å². The Labute approximate surface area is 192 Å². The molecule has 0 fully saturated rings. The zero-order chi connectivity index (χ0) is 21.6. The molecule has 0 heterocycles. The minimum Gasteiger partial charge on any atom is -0.373 e. The van der Waals surface area contributed by atoms with Gasteiger partial charge in [0.05, 0.1) is 0 Å². The number of hydrogen-bond acceptors (Lipinski definition) is 5. The van der Waals surface area contributed by atoms with E-state index in [-0.39, 0.29) is 0 Å². The highest BCUT2D eigenvalue weighted by atomic mass is 32.2. The van der Waals surface area contributed by atoms with Crippen LogP contribution in [0.15, 0.2) is 0 Å². The zero-order valence-electron chi connectivity index (χ0n) is 19.6. The Morgan fingerprint density at radius 3 is 1.72 bits per heavy atom. The maximum absolute atomic E-state index is 6.31. The van der Waals surface area contributed by atoms with Crippen LogP contribution < -0.4 is 5.32 Å². The standard InChI is InChI=1S/C22H47NO3S2Si/c1-5-9-13-14-16-23-22(27)28-20-15-21-29(24-17-10-6-2,25-18-11-7-3)26-19-12-8-4/h5-21H2,1-4H3,(H,23,27). The Morgan fingerprint density at radius 1 is 0.724 bits per heavy atom. The van der Waals surface area contributed by atoms with Crippen LogP contribution in [0.4, 0.5) is 0 Å². The van der Waals surface area contributed by atoms with Crippen molar-refractivity contribution in [2.45, 2.75) is 104 Å². The molecule has 0 aliphatic rings. The van der Waals surface area contributed by atoms with Gasteiger partial charge in [-0.1, -0.05) is 90.2 Å². The molecular formula is C22H47NO3S2Si. The minimum atomic E-state index is -2.60. The van der Waals surface area contributed by atoms with Crippen LogP contribution in [-0.2, 0) is 13.3 Å². The van der Waals surface area contributed by atoms with Gasteiger partial charge in [-0.3, -0.25) is 0 Å². The van der Waals surface area contributed by atoms with Crippen molar-refractivity contribution < 1.29 is 13.3 Å². The summed E-state index contributed by atoms with van der Waals surface area (Å²) in [5, 5.41) is 3.38. The van der Waals surface area contributed by atoms with Gasteiger partial charge in [0.25, 0.3) is 0 Å². The van der Waals surface area contributed by atoms with Gasteiger partial charge in [0, 0.05) is 38.2 Å². The van der Waals surface area contributed by atoms with E-state index in [1.54, 1.807) is 11.8 Å². The first-order chi connectivity index (χ1) is 14.1. The second kappa shape index (κ2) is 21.6. The maximum atomic E-state index is 6.31. The first-order valence-corrected chi connectivity index (χ1v) is 15.3. The summed E-state index contributed by atoms with van der Waals surface area (Å²) >= 11 is 7.21. The highest BCUT2D eigenvalue weighted by Crippen LogP contribution is 2.22. The van der Waals surface area contributed by atoms with Crippen LogP contribution in [-0.4, -0.2) is 45.2 Å². The van der Waals surface area contributed by atoms with Crippen LogP contribution in [0.5, 0.6) is 0 Å². The Morgan fingerprint density at radius 2 is 1.24 bits per heavy atom. The molecule has 0 aromatic carbocycles. The van der Waals surface area contributed by atoms with E-state index >= 15 is 0 Å². The molecule has 0 unspecified atom stereocenters. The molecule has 0 saturated carbocycles. The van der Waals surface area contributed by atoms with Gasteiger partial charge in [0.2, 0.25) is 0 Å². The van der Waals surface area contributed by atoms with E-state index in [0.717, 1.165) is 87.4 Å². The Kier molecular flexibility index (Phi) is 21.8. The minimum absolute atomic E-state index is 0.742. The summed E-state index contributed by atoms with van der Waals surface area (Å²) in [6.45, 7) is 12.0. The molecule has 0 aliphatic carbocycles. The van der Waals surface area contributed by atoms with Gasteiger partial charge in [0.15, 0.2) is 0 Å². The van der Waals surface area contributed by atoms with Gasteiger partial charge in [-0.2, -0.15) is 0 Å². The van der Waals surface area contributed by atoms with Crippen molar-refractivity contribution in [1.29, 1.82) is 0 Å². The fourth-order valence-electron chi connectivity index (χ4n) is 2.70. The Bertz CT molecular complexity index is 349. The molecule has 0 amide bonds. The van der Waals surface area contributed by atoms with Crippen molar-refractivity contribution in [3.8, 4) is 0 Å². The fourth-order valence-corrected chi connectivity index (χ4v) is 6.65. The lowest BCUT2D eigenvalue weighted by Gasteiger charge is -2.30. The first-order valence-electron chi connectivity index (χ1n) is 12.0. The molecule has 174 valence electrons. The van der Waals surface area contributed by atoms with Crippen molar-refractivity contribution in [3.05, 3.63) is 0 Å². The molecule has 29 heavy (non-hydrogen) atoms. The molecule has 1 N–H and O–H groups in total. The summed E-state index contributed by atoms with van der Waals surface area (Å²) in [7, 11) is -2.60. The summed E-state index contributed by atoms with van der Waals surface area (Å²) in [5.41, 5.74) is 0. The third kappa shape index (κ3) is 17.7. The number of hydrogen-bond donors (Lipinski definition) is 1. The zero-order valence-corrected chi connectivity index (χ0v) is 22.2. The molecule has 0 spiro atoms. The molecule has 0 atom stereocenters. The highest BCUT2D eigenvalue weighted by Gasteiger charge is 2.40. The van der Waals surface area contributed by atoms with Gasteiger partial charge in [-0.25, -0.2) is 0 Å². The number of thiocarbonyl (C=S) groups is 1. The summed E-state index contributed by atoms with van der Waals surface area (Å²) in [5.74, 6) is 0.987. The van der Waals surface area contributed by atoms with Gasteiger partial charge in [0.1, 0.15) is 4.32 Å². The number of rotatable bonds is 21. The van der Waals surface area contributed by atoms with Gasteiger partial charge in [-0.05, 0) is 32.1 Å². The first kappa shape index (κ1) is 29.3. The van der Waals surface area contributed by atoms with Crippen molar-refractivity contribution in [2.24, 2.45) is 0 Å². The van der Waals surface area contributed by atoms with Gasteiger partial charge < -0.3 is 18.6 Å². The number of thioether (sulfide) groups is 1. The summed E-state index contributed by atoms with van der Waals surface area (Å²) in [4.78, 5) is 0. The van der Waals surface area contributed by atoms with Crippen LogP contribution in [0.25, 0.3) is 0 Å². The lowest BCUT2D eigenvalue weighted by Crippen LogP contribution is -2.46. The van der Waals surface area contributed by atoms with E-state index in [4.69, 9.17) is 25.5 Å². The summed E-state index contributed by atoms with van der Waals surface area (Å²) < 4.78 is 19.8. The van der Waals surface area contributed by atoms with Crippen LogP contribution in [0.1, 0.15) is 98.3 Å². The van der Waals surface area contributed by atoms with E-state index in [9.17, 15) is 0 Å². The quantitative estimate of drug-likeness (QED) is 0.112. The fraction of sp³-hybridized carbons (Fsp3) is 0.955. The average Bonchev–Trinajstić information content (AvgIpc) is 2.71. The molecule has 0 aromatic heterocycles. The van der Waals surface area contributed by atoms with E-state index in [0.29, 0.717) is 0 Å². The molecule has 0 rings (SSSR count). The summed E-state index contributed by atoms with van der Waals surface area (Å²) in [6.07, 6.45) is 12.6.